The molecule has 0 bridgehead atoms. The van der Waals surface area contributed by atoms with E-state index in [1.807, 2.05) is 4.58 Å². The van der Waals surface area contributed by atoms with Gasteiger partial charge in [-0.05, 0) is 0 Å². The van der Waals surface area contributed by atoms with Crippen LogP contribution < -0.4 is 0 Å². The van der Waals surface area contributed by atoms with Gasteiger partial charge in [-0.3, -0.25) is 4.55 Å². The summed E-state index contributed by atoms with van der Waals surface area (Å²) >= 11 is -1.79. The van der Waals surface area contributed by atoms with E-state index in [0.29, 0.717) is 13.1 Å². The van der Waals surface area contributed by atoms with Gasteiger partial charge in [-0.1, -0.05) is 0 Å². The molecule has 0 aromatic heterocycles. The fourth-order valence-electron chi connectivity index (χ4n) is 0.886. The monoisotopic (exact) mass is 163 g/mol. The number of hydrogen-bond donors (Lipinski definition) is 1. The van der Waals surface area contributed by atoms with Gasteiger partial charge in [0, 0.05) is 0 Å². The van der Waals surface area contributed by atoms with Gasteiger partial charge < -0.3 is 0 Å². The van der Waals surface area contributed by atoms with Gasteiger partial charge in [-0.25, -0.2) is 8.78 Å². The number of piperazine rings is 1. The zero-order valence-electron chi connectivity index (χ0n) is 5.69. The quantitative estimate of drug-likeness (QED) is 0.404. The fourth-order valence-corrected chi connectivity index (χ4v) is 1.36. The molecule has 10 heavy (non-hydrogen) atoms. The van der Waals surface area contributed by atoms with Crippen LogP contribution in [0.2, 0.25) is 0 Å². The topological polar surface area (TPSA) is 43.5 Å². The summed E-state index contributed by atoms with van der Waals surface area (Å²) in [6.07, 6.45) is 0. The minimum atomic E-state index is -1.79. The number of hydrogen-bond acceptors (Lipinski definition) is 1. The molecule has 1 unspecified atom stereocenters. The van der Waals surface area contributed by atoms with Gasteiger partial charge in [0.2, 0.25) is 11.3 Å². The van der Waals surface area contributed by atoms with Crippen molar-refractivity contribution >= 4 is 18.0 Å². The second-order valence-corrected chi connectivity index (χ2v) is 3.26. The highest BCUT2D eigenvalue weighted by Gasteiger charge is 2.19. The van der Waals surface area contributed by atoms with Gasteiger partial charge in [0.05, 0.1) is 13.1 Å². The van der Waals surface area contributed by atoms with Crippen molar-refractivity contribution in [2.24, 2.45) is 0 Å². The third-order valence-corrected chi connectivity index (χ3v) is 2.36. The molecule has 58 valence electrons. The summed E-state index contributed by atoms with van der Waals surface area (Å²) in [5.74, 6) is 0. The molecule has 0 aliphatic carbocycles. The minimum Gasteiger partial charge on any atom is -0.294 e. The largest absolute Gasteiger partial charge is 0.294 e. The highest BCUT2D eigenvalue weighted by atomic mass is 32.2. The van der Waals surface area contributed by atoms with Gasteiger partial charge in [-0.2, -0.15) is 4.31 Å². The molecule has 0 aromatic rings. The molecule has 0 aromatic carbocycles. The van der Waals surface area contributed by atoms with E-state index in [1.165, 1.54) is 4.31 Å². The first kappa shape index (κ1) is 7.84. The van der Waals surface area contributed by atoms with Crippen molar-refractivity contribution in [1.82, 2.24) is 4.31 Å². The predicted molar refractivity (Wildman–Crippen MR) is 39.5 cm³/mol. The zero-order chi connectivity index (χ0) is 7.56. The Kier molecular flexibility index (Phi) is 2.53. The zero-order valence-corrected chi connectivity index (χ0v) is 6.51. The molecular weight excluding hydrogens is 152 g/mol. The summed E-state index contributed by atoms with van der Waals surface area (Å²) in [6, 6.07) is 0. The van der Waals surface area contributed by atoms with Crippen LogP contribution >= 0.6 is 0 Å². The van der Waals surface area contributed by atoms with Crippen molar-refractivity contribution in [3.05, 3.63) is 0 Å². The highest BCUT2D eigenvalue weighted by Crippen LogP contribution is 1.96. The summed E-state index contributed by atoms with van der Waals surface area (Å²) in [5.41, 5.74) is 0. The van der Waals surface area contributed by atoms with Crippen LogP contribution in [0.15, 0.2) is 0 Å². The summed E-state index contributed by atoms with van der Waals surface area (Å²) in [4.78, 5) is 0. The molecule has 1 aliphatic rings. The van der Waals surface area contributed by atoms with Crippen molar-refractivity contribution in [1.29, 1.82) is 0 Å². The van der Waals surface area contributed by atoms with Crippen molar-refractivity contribution in [2.75, 3.05) is 26.2 Å². The lowest BCUT2D eigenvalue weighted by molar-refractivity contribution is -0.528. The molecule has 5 heteroatoms. The maximum absolute atomic E-state index is 10.5. The average molecular weight is 163 g/mol. The Morgan fingerprint density at radius 3 is 2.40 bits per heavy atom. The molecule has 0 amide bonds. The van der Waals surface area contributed by atoms with Crippen LogP contribution in [0.1, 0.15) is 0 Å². The van der Waals surface area contributed by atoms with E-state index in [9.17, 15) is 4.21 Å². The molecule has 1 fully saturated rings. The van der Waals surface area contributed by atoms with E-state index in [0.717, 1.165) is 13.1 Å². The van der Waals surface area contributed by atoms with Crippen LogP contribution in [-0.4, -0.2) is 50.5 Å². The Bertz CT molecular complexity index is 161. The SMILES string of the molecule is C=[N+]1CCN(S(=O)O)CC1. The first-order valence-corrected chi connectivity index (χ1v) is 4.18. The molecule has 1 rings (SSSR count). The molecule has 0 spiro atoms. The van der Waals surface area contributed by atoms with Crippen LogP contribution in [0.4, 0.5) is 0 Å². The Hall–Kier alpha value is -0.260. The molecule has 0 saturated carbocycles. The third kappa shape index (κ3) is 1.86. The molecule has 1 aliphatic heterocycles. The van der Waals surface area contributed by atoms with Crippen LogP contribution in [-0.2, 0) is 11.3 Å². The van der Waals surface area contributed by atoms with Crippen molar-refractivity contribution in [3.8, 4) is 0 Å². The lowest BCUT2D eigenvalue weighted by Gasteiger charge is -2.19. The maximum atomic E-state index is 10.5. The van der Waals surface area contributed by atoms with Crippen LogP contribution in [0.25, 0.3) is 0 Å². The maximum Gasteiger partial charge on any atom is 0.234 e. The lowest BCUT2D eigenvalue weighted by Crippen LogP contribution is -2.41. The lowest BCUT2D eigenvalue weighted by atomic mass is 10.4. The smallest absolute Gasteiger partial charge is 0.234 e. The Morgan fingerprint density at radius 1 is 1.50 bits per heavy atom. The summed E-state index contributed by atoms with van der Waals surface area (Å²) < 4.78 is 22.5. The second-order valence-electron chi connectivity index (χ2n) is 2.28. The second kappa shape index (κ2) is 3.23. The molecule has 1 saturated heterocycles. The highest BCUT2D eigenvalue weighted by molar-refractivity contribution is 7.76. The van der Waals surface area contributed by atoms with Crippen molar-refractivity contribution in [3.63, 3.8) is 0 Å². The average Bonchev–Trinajstić information content (AvgIpc) is 1.88. The van der Waals surface area contributed by atoms with E-state index >= 15 is 0 Å². The van der Waals surface area contributed by atoms with Crippen LogP contribution in [0.3, 0.4) is 0 Å². The van der Waals surface area contributed by atoms with E-state index in [4.69, 9.17) is 4.55 Å². The van der Waals surface area contributed by atoms with Crippen molar-refractivity contribution in [2.45, 2.75) is 0 Å². The number of rotatable bonds is 1. The van der Waals surface area contributed by atoms with Gasteiger partial charge in [0.25, 0.3) is 0 Å². The standard InChI is InChI=1S/C5H10N2O2S/c1-6-2-4-7(5-3-6)10(8)9/h1-5H2/p+1. The Balaban J connectivity index is 2.40. The van der Waals surface area contributed by atoms with E-state index in [-0.39, 0.29) is 0 Å². The van der Waals surface area contributed by atoms with Gasteiger partial charge in [0.15, 0.2) is 13.1 Å². The molecule has 1 heterocycles. The van der Waals surface area contributed by atoms with E-state index in [2.05, 4.69) is 6.72 Å². The molecular formula is C5H11N2O2S+. The molecule has 1 atom stereocenters. The first-order chi connectivity index (χ1) is 4.70. The third-order valence-electron chi connectivity index (χ3n) is 1.55. The van der Waals surface area contributed by atoms with Gasteiger partial charge >= 0.3 is 0 Å². The summed E-state index contributed by atoms with van der Waals surface area (Å²) in [7, 11) is 0. The number of nitrogens with zero attached hydrogens (tertiary/aromatic N) is 2. The molecule has 0 radical (unpaired) electrons. The molecule has 1 N–H and O–H groups in total. The molecule has 4 nitrogen and oxygen atoms in total. The predicted octanol–water partition coefficient (Wildman–Crippen LogP) is -0.848. The van der Waals surface area contributed by atoms with Crippen LogP contribution in [0, 0.1) is 0 Å². The van der Waals surface area contributed by atoms with E-state index in [1.54, 1.807) is 0 Å². The first-order valence-electron chi connectivity index (χ1n) is 3.11. The normalized spacial score (nSPS) is 24.7. The summed E-state index contributed by atoms with van der Waals surface area (Å²) in [6.45, 7) is 6.52. The van der Waals surface area contributed by atoms with Gasteiger partial charge in [0.1, 0.15) is 6.72 Å². The Morgan fingerprint density at radius 2 is 2.00 bits per heavy atom. The van der Waals surface area contributed by atoms with Crippen LogP contribution in [0.5, 0.6) is 0 Å². The summed E-state index contributed by atoms with van der Waals surface area (Å²) in [5, 5.41) is 0. The van der Waals surface area contributed by atoms with E-state index < -0.39 is 11.3 Å². The van der Waals surface area contributed by atoms with Crippen molar-refractivity contribution < 1.29 is 13.3 Å². The van der Waals surface area contributed by atoms with Gasteiger partial charge in [-0.15, -0.1) is 0 Å². The fraction of sp³-hybridized carbons (Fsp3) is 0.800. The minimum absolute atomic E-state index is 0.632. The Labute approximate surface area is 62.6 Å².